The summed E-state index contributed by atoms with van der Waals surface area (Å²) in [4.78, 5) is 11.6. The van der Waals surface area contributed by atoms with E-state index < -0.39 is 16.0 Å². The molecule has 0 aliphatic rings. The van der Waals surface area contributed by atoms with Gasteiger partial charge in [0.05, 0.1) is 28.4 Å². The number of sulfonamides is 1. The Morgan fingerprint density at radius 2 is 1.65 bits per heavy atom. The minimum Gasteiger partial charge on any atom is -0.496 e. The van der Waals surface area contributed by atoms with Crippen LogP contribution in [0.5, 0.6) is 17.2 Å². The first-order chi connectivity index (χ1) is 12.4. The van der Waals surface area contributed by atoms with Gasteiger partial charge in [-0.15, -0.1) is 11.3 Å². The van der Waals surface area contributed by atoms with Crippen LogP contribution in [0.1, 0.15) is 15.2 Å². The van der Waals surface area contributed by atoms with E-state index in [0.717, 1.165) is 11.3 Å². The lowest BCUT2D eigenvalue weighted by Gasteiger charge is -2.14. The van der Waals surface area contributed by atoms with Crippen molar-refractivity contribution < 1.29 is 32.2 Å². The molecule has 8 nitrogen and oxygen atoms in total. The predicted molar refractivity (Wildman–Crippen MR) is 95.8 cm³/mol. The molecule has 0 saturated carbocycles. The number of rotatable bonds is 8. The van der Waals surface area contributed by atoms with Crippen LogP contribution in [0, 0.1) is 0 Å². The van der Waals surface area contributed by atoms with Crippen molar-refractivity contribution >= 4 is 27.3 Å². The van der Waals surface area contributed by atoms with Crippen LogP contribution in [0.3, 0.4) is 0 Å². The lowest BCUT2D eigenvalue weighted by Crippen LogP contribution is -2.24. The zero-order valence-corrected chi connectivity index (χ0v) is 16.3. The minimum absolute atomic E-state index is 0.0132. The molecule has 0 unspecified atom stereocenters. The summed E-state index contributed by atoms with van der Waals surface area (Å²) in [5.41, 5.74) is 0.545. The third kappa shape index (κ3) is 4.09. The fraction of sp³-hybridized carbons (Fsp3) is 0.312. The van der Waals surface area contributed by atoms with E-state index in [1.54, 1.807) is 12.1 Å². The fourth-order valence-corrected chi connectivity index (χ4v) is 4.57. The molecule has 2 aromatic rings. The van der Waals surface area contributed by atoms with Gasteiger partial charge in [0.1, 0.15) is 15.5 Å². The van der Waals surface area contributed by atoms with Crippen molar-refractivity contribution in [3.63, 3.8) is 0 Å². The van der Waals surface area contributed by atoms with Gasteiger partial charge in [0.25, 0.3) is 0 Å². The highest BCUT2D eigenvalue weighted by Crippen LogP contribution is 2.34. The maximum Gasteiger partial charge on any atom is 0.349 e. The van der Waals surface area contributed by atoms with Crippen LogP contribution in [0.4, 0.5) is 0 Å². The Kier molecular flexibility index (Phi) is 6.46. The average molecular weight is 401 g/mol. The number of thiophene rings is 1. The molecule has 1 N–H and O–H groups in total. The number of hydrogen-bond acceptors (Lipinski definition) is 8. The number of carbonyl (C=O) groups excluding carboxylic acids is 1. The Balaban J connectivity index is 2.30. The smallest absolute Gasteiger partial charge is 0.349 e. The van der Waals surface area contributed by atoms with E-state index in [1.807, 2.05) is 0 Å². The summed E-state index contributed by atoms with van der Waals surface area (Å²) in [5.74, 6) is 0.628. The molecule has 1 aromatic heterocycles. The first kappa shape index (κ1) is 20.0. The van der Waals surface area contributed by atoms with Crippen molar-refractivity contribution in [3.8, 4) is 17.2 Å². The summed E-state index contributed by atoms with van der Waals surface area (Å²) in [6, 6.07) is 4.58. The van der Waals surface area contributed by atoms with E-state index in [1.165, 1.54) is 39.9 Å². The van der Waals surface area contributed by atoms with Crippen molar-refractivity contribution in [2.45, 2.75) is 11.4 Å². The second-order valence-electron chi connectivity index (χ2n) is 4.95. The topological polar surface area (TPSA) is 100 Å². The second-order valence-corrected chi connectivity index (χ2v) is 7.60. The van der Waals surface area contributed by atoms with Gasteiger partial charge in [-0.05, 0) is 17.5 Å². The lowest BCUT2D eigenvalue weighted by atomic mass is 10.1. The largest absolute Gasteiger partial charge is 0.496 e. The molecule has 0 bridgehead atoms. The third-order valence-corrected chi connectivity index (χ3v) is 6.00. The van der Waals surface area contributed by atoms with Gasteiger partial charge in [0, 0.05) is 18.2 Å². The quantitative estimate of drug-likeness (QED) is 0.676. The van der Waals surface area contributed by atoms with Crippen molar-refractivity contribution in [3.05, 3.63) is 34.0 Å². The Morgan fingerprint density at radius 1 is 1.04 bits per heavy atom. The number of methoxy groups -OCH3 is 4. The number of carbonyl (C=O) groups is 1. The normalized spacial score (nSPS) is 11.1. The number of nitrogens with one attached hydrogen (secondary N) is 1. The zero-order valence-electron chi connectivity index (χ0n) is 14.7. The maximum atomic E-state index is 12.6. The van der Waals surface area contributed by atoms with Crippen LogP contribution in [-0.2, 0) is 21.3 Å². The molecule has 1 heterocycles. The highest BCUT2D eigenvalue weighted by Gasteiger charge is 2.25. The summed E-state index contributed by atoms with van der Waals surface area (Å²) in [6.07, 6.45) is 0. The average Bonchev–Trinajstić information content (AvgIpc) is 3.15. The van der Waals surface area contributed by atoms with Gasteiger partial charge < -0.3 is 18.9 Å². The molecule has 0 aliphatic heterocycles. The highest BCUT2D eigenvalue weighted by molar-refractivity contribution is 7.89. The molecule has 1 aromatic carbocycles. The summed E-state index contributed by atoms with van der Waals surface area (Å²) in [6.45, 7) is -0.0671. The van der Waals surface area contributed by atoms with Crippen LogP contribution < -0.4 is 18.9 Å². The molecule has 0 aliphatic carbocycles. The van der Waals surface area contributed by atoms with Crippen LogP contribution >= 0.6 is 11.3 Å². The van der Waals surface area contributed by atoms with E-state index in [-0.39, 0.29) is 16.3 Å². The minimum atomic E-state index is -3.93. The van der Waals surface area contributed by atoms with Crippen LogP contribution in [0.25, 0.3) is 0 Å². The van der Waals surface area contributed by atoms with Gasteiger partial charge in [0.2, 0.25) is 10.0 Å². The molecule has 26 heavy (non-hydrogen) atoms. The monoisotopic (exact) mass is 401 g/mol. The SMILES string of the molecule is COC(=O)c1sccc1S(=O)(=O)NCc1cc(OC)c(OC)cc1OC. The predicted octanol–water partition coefficient (Wildman–Crippen LogP) is 2.04. The third-order valence-electron chi connectivity index (χ3n) is 3.53. The van der Waals surface area contributed by atoms with Gasteiger partial charge in [-0.25, -0.2) is 17.9 Å². The molecule has 0 atom stereocenters. The number of esters is 1. The van der Waals surface area contributed by atoms with Crippen LogP contribution in [-0.4, -0.2) is 42.8 Å². The zero-order chi connectivity index (χ0) is 19.3. The molecule has 10 heteroatoms. The fourth-order valence-electron chi connectivity index (χ4n) is 2.23. The van der Waals surface area contributed by atoms with Crippen molar-refractivity contribution in [1.29, 1.82) is 0 Å². The second kappa shape index (κ2) is 8.39. The van der Waals surface area contributed by atoms with Gasteiger partial charge in [-0.3, -0.25) is 0 Å². The molecule has 0 fully saturated rings. The highest BCUT2D eigenvalue weighted by atomic mass is 32.2. The summed E-state index contributed by atoms with van der Waals surface area (Å²) >= 11 is 0.995. The van der Waals surface area contributed by atoms with Crippen molar-refractivity contribution in [2.24, 2.45) is 0 Å². The van der Waals surface area contributed by atoms with E-state index >= 15 is 0 Å². The van der Waals surface area contributed by atoms with Crippen LogP contribution in [0.2, 0.25) is 0 Å². The summed E-state index contributed by atoms with van der Waals surface area (Å²) < 4.78 is 47.9. The molecule has 0 spiro atoms. The first-order valence-corrected chi connectivity index (χ1v) is 9.68. The van der Waals surface area contributed by atoms with Gasteiger partial charge in [-0.2, -0.15) is 0 Å². The lowest BCUT2D eigenvalue weighted by molar-refractivity contribution is 0.0602. The molecule has 2 rings (SSSR count). The van der Waals surface area contributed by atoms with Crippen LogP contribution in [0.15, 0.2) is 28.5 Å². The maximum absolute atomic E-state index is 12.6. The van der Waals surface area contributed by atoms with E-state index in [9.17, 15) is 13.2 Å². The van der Waals surface area contributed by atoms with Gasteiger partial charge in [-0.1, -0.05) is 0 Å². The summed E-state index contributed by atoms with van der Waals surface area (Å²) in [7, 11) is 1.70. The van der Waals surface area contributed by atoms with Crippen molar-refractivity contribution in [1.82, 2.24) is 4.72 Å². The van der Waals surface area contributed by atoms with Gasteiger partial charge in [0.15, 0.2) is 11.5 Å². The molecule has 0 amide bonds. The van der Waals surface area contributed by atoms with Crippen molar-refractivity contribution in [2.75, 3.05) is 28.4 Å². The standard InChI is InChI=1S/C16H19NO7S2/c1-21-11-8-13(23-3)12(22-2)7-10(11)9-17-26(19,20)14-5-6-25-15(14)16(18)24-4/h5-8,17H,9H2,1-4H3. The number of ether oxygens (including phenoxy) is 4. The Morgan fingerprint density at radius 3 is 2.23 bits per heavy atom. The molecule has 0 radical (unpaired) electrons. The molecule has 0 saturated heterocycles. The number of hydrogen-bond donors (Lipinski definition) is 1. The molecular weight excluding hydrogens is 382 g/mol. The van der Waals surface area contributed by atoms with E-state index in [2.05, 4.69) is 9.46 Å². The van der Waals surface area contributed by atoms with E-state index in [4.69, 9.17) is 14.2 Å². The number of benzene rings is 1. The van der Waals surface area contributed by atoms with Gasteiger partial charge >= 0.3 is 5.97 Å². The molecular formula is C16H19NO7S2. The Labute approximate surface area is 155 Å². The Bertz CT molecular complexity index is 890. The Hall–Kier alpha value is -2.30. The van der Waals surface area contributed by atoms with E-state index in [0.29, 0.717) is 22.8 Å². The molecule has 142 valence electrons. The summed E-state index contributed by atoms with van der Waals surface area (Å²) in [5, 5.41) is 1.51. The first-order valence-electron chi connectivity index (χ1n) is 7.32.